The summed E-state index contributed by atoms with van der Waals surface area (Å²) in [6.07, 6.45) is 0.578. The highest BCUT2D eigenvalue weighted by atomic mass is 35.5. The van der Waals surface area contributed by atoms with Crippen molar-refractivity contribution in [3.05, 3.63) is 74.1 Å². The summed E-state index contributed by atoms with van der Waals surface area (Å²) in [6.45, 7) is 0. The minimum Gasteiger partial charge on any atom is -0.267 e. The number of rotatable bonds is 2. The first-order chi connectivity index (χ1) is 9.65. The molecule has 0 aliphatic carbocycles. The number of aromatic nitrogens is 2. The maximum absolute atomic E-state index is 11.7. The molecule has 0 unspecified atom stereocenters. The molecule has 5 heteroatoms. The van der Waals surface area contributed by atoms with Crippen LogP contribution in [-0.2, 0) is 6.42 Å². The topological polar surface area (TPSA) is 45.8 Å². The predicted molar refractivity (Wildman–Crippen MR) is 81.6 cm³/mol. The van der Waals surface area contributed by atoms with E-state index in [-0.39, 0.29) is 5.56 Å². The molecule has 2 aromatic carbocycles. The number of fused-ring (bicyclic) bond motifs is 1. The molecule has 0 saturated heterocycles. The zero-order chi connectivity index (χ0) is 14.1. The fourth-order valence-electron chi connectivity index (χ4n) is 2.15. The summed E-state index contributed by atoms with van der Waals surface area (Å²) < 4.78 is 0. The van der Waals surface area contributed by atoms with Crippen LogP contribution in [0.5, 0.6) is 0 Å². The van der Waals surface area contributed by atoms with Gasteiger partial charge in [0.1, 0.15) is 0 Å². The van der Waals surface area contributed by atoms with E-state index in [1.54, 1.807) is 12.1 Å². The van der Waals surface area contributed by atoms with Gasteiger partial charge in [0.05, 0.1) is 21.1 Å². The van der Waals surface area contributed by atoms with Crippen LogP contribution in [0.3, 0.4) is 0 Å². The number of halogens is 2. The van der Waals surface area contributed by atoms with E-state index >= 15 is 0 Å². The zero-order valence-electron chi connectivity index (χ0n) is 10.4. The van der Waals surface area contributed by atoms with Crippen LogP contribution in [0.25, 0.3) is 10.8 Å². The number of aromatic amines is 1. The molecule has 0 bridgehead atoms. The Hall–Kier alpha value is -1.84. The second-order valence-electron chi connectivity index (χ2n) is 4.47. The van der Waals surface area contributed by atoms with Crippen molar-refractivity contribution in [2.45, 2.75) is 6.42 Å². The third kappa shape index (κ3) is 2.42. The molecule has 0 saturated carbocycles. The molecule has 3 rings (SSSR count). The molecule has 1 heterocycles. The summed E-state index contributed by atoms with van der Waals surface area (Å²) >= 11 is 11.9. The average molecular weight is 305 g/mol. The van der Waals surface area contributed by atoms with E-state index in [9.17, 15) is 4.79 Å². The van der Waals surface area contributed by atoms with Gasteiger partial charge >= 0.3 is 0 Å². The van der Waals surface area contributed by atoms with E-state index in [0.717, 1.165) is 16.6 Å². The summed E-state index contributed by atoms with van der Waals surface area (Å²) in [5.74, 6) is 0. The third-order valence-corrected chi connectivity index (χ3v) is 3.87. The lowest BCUT2D eigenvalue weighted by atomic mass is 10.0. The van der Waals surface area contributed by atoms with Gasteiger partial charge < -0.3 is 0 Å². The molecule has 0 fully saturated rings. The normalized spacial score (nSPS) is 10.9. The molecule has 0 atom stereocenters. The molecule has 3 nitrogen and oxygen atoms in total. The summed E-state index contributed by atoms with van der Waals surface area (Å²) in [5.41, 5.74) is 1.61. The van der Waals surface area contributed by atoms with Crippen molar-refractivity contribution >= 4 is 34.0 Å². The summed E-state index contributed by atoms with van der Waals surface area (Å²) in [7, 11) is 0. The third-order valence-electron chi connectivity index (χ3n) is 3.13. The van der Waals surface area contributed by atoms with Gasteiger partial charge in [-0.15, -0.1) is 0 Å². The van der Waals surface area contributed by atoms with Crippen molar-refractivity contribution in [2.75, 3.05) is 0 Å². The van der Waals surface area contributed by atoms with Crippen molar-refractivity contribution < 1.29 is 0 Å². The van der Waals surface area contributed by atoms with Gasteiger partial charge in [-0.1, -0.05) is 47.5 Å². The minimum absolute atomic E-state index is 0.182. The van der Waals surface area contributed by atoms with Crippen LogP contribution in [0.4, 0.5) is 0 Å². The highest BCUT2D eigenvalue weighted by Crippen LogP contribution is 2.24. The zero-order valence-corrected chi connectivity index (χ0v) is 11.9. The maximum Gasteiger partial charge on any atom is 0.272 e. The lowest BCUT2D eigenvalue weighted by molar-refractivity contribution is 0.934. The number of H-pyrrole nitrogens is 1. The number of benzene rings is 2. The molecule has 0 aliphatic heterocycles. The number of nitrogens with one attached hydrogen (secondary N) is 1. The van der Waals surface area contributed by atoms with Gasteiger partial charge in [-0.3, -0.25) is 4.79 Å². The maximum atomic E-state index is 11.7. The molecule has 0 aliphatic rings. The van der Waals surface area contributed by atoms with Crippen LogP contribution in [0.2, 0.25) is 10.0 Å². The van der Waals surface area contributed by atoms with Gasteiger partial charge in [0.2, 0.25) is 0 Å². The van der Waals surface area contributed by atoms with Crippen LogP contribution in [0.1, 0.15) is 11.3 Å². The van der Waals surface area contributed by atoms with Crippen LogP contribution < -0.4 is 5.56 Å². The quantitative estimate of drug-likeness (QED) is 0.782. The van der Waals surface area contributed by atoms with E-state index < -0.39 is 0 Å². The molecule has 1 N–H and O–H groups in total. The Morgan fingerprint density at radius 3 is 2.50 bits per heavy atom. The van der Waals surface area contributed by atoms with E-state index in [4.69, 9.17) is 23.2 Å². The van der Waals surface area contributed by atoms with Crippen LogP contribution in [0, 0.1) is 0 Å². The standard InChI is InChI=1S/C15H10Cl2N2O/c16-12-6-5-9(7-13(12)17)8-14-10-3-1-2-4-11(10)15(20)19-18-14/h1-7H,8H2,(H,19,20). The first-order valence-corrected chi connectivity index (χ1v) is 6.81. The molecule has 100 valence electrons. The van der Waals surface area contributed by atoms with E-state index in [1.165, 1.54) is 0 Å². The smallest absolute Gasteiger partial charge is 0.267 e. The van der Waals surface area contributed by atoms with Crippen molar-refractivity contribution in [1.29, 1.82) is 0 Å². The predicted octanol–water partition coefficient (Wildman–Crippen LogP) is 3.82. The number of nitrogens with zero attached hydrogens (tertiary/aromatic N) is 1. The molecule has 0 radical (unpaired) electrons. The van der Waals surface area contributed by atoms with Crippen LogP contribution in [0.15, 0.2) is 47.3 Å². The molecular weight excluding hydrogens is 295 g/mol. The van der Waals surface area contributed by atoms with Gasteiger partial charge in [0, 0.05) is 11.8 Å². The Labute approximate surface area is 125 Å². The lowest BCUT2D eigenvalue weighted by Gasteiger charge is -2.06. The highest BCUT2D eigenvalue weighted by molar-refractivity contribution is 6.42. The van der Waals surface area contributed by atoms with Crippen molar-refractivity contribution in [2.24, 2.45) is 0 Å². The molecule has 0 spiro atoms. The number of hydrogen-bond donors (Lipinski definition) is 1. The molecule has 3 aromatic rings. The Kier molecular flexibility index (Phi) is 3.47. The lowest BCUT2D eigenvalue weighted by Crippen LogP contribution is -2.11. The second-order valence-corrected chi connectivity index (χ2v) is 5.28. The largest absolute Gasteiger partial charge is 0.272 e. The summed E-state index contributed by atoms with van der Waals surface area (Å²) in [6, 6.07) is 12.9. The van der Waals surface area contributed by atoms with Gasteiger partial charge in [-0.05, 0) is 23.8 Å². The van der Waals surface area contributed by atoms with Crippen molar-refractivity contribution in [1.82, 2.24) is 10.2 Å². The minimum atomic E-state index is -0.182. The Morgan fingerprint density at radius 1 is 1.00 bits per heavy atom. The van der Waals surface area contributed by atoms with E-state index in [1.807, 2.05) is 30.3 Å². The average Bonchev–Trinajstić information content (AvgIpc) is 2.46. The fourth-order valence-corrected chi connectivity index (χ4v) is 2.47. The summed E-state index contributed by atoms with van der Waals surface area (Å²) in [5, 5.41) is 9.19. The Bertz CT molecular complexity index is 843. The first kappa shape index (κ1) is 13.2. The molecule has 0 amide bonds. The van der Waals surface area contributed by atoms with Crippen LogP contribution in [-0.4, -0.2) is 10.2 Å². The first-order valence-electron chi connectivity index (χ1n) is 6.05. The summed E-state index contributed by atoms with van der Waals surface area (Å²) in [4.78, 5) is 11.7. The second kappa shape index (κ2) is 5.27. The fraction of sp³-hybridized carbons (Fsp3) is 0.0667. The van der Waals surface area contributed by atoms with Crippen molar-refractivity contribution in [3.8, 4) is 0 Å². The number of hydrogen-bond acceptors (Lipinski definition) is 2. The monoisotopic (exact) mass is 304 g/mol. The Morgan fingerprint density at radius 2 is 1.75 bits per heavy atom. The van der Waals surface area contributed by atoms with Gasteiger partial charge in [0.15, 0.2) is 0 Å². The molecule has 20 heavy (non-hydrogen) atoms. The molecular formula is C15H10Cl2N2O. The van der Waals surface area contributed by atoms with E-state index in [0.29, 0.717) is 21.9 Å². The van der Waals surface area contributed by atoms with E-state index in [2.05, 4.69) is 10.2 Å². The molecule has 1 aromatic heterocycles. The van der Waals surface area contributed by atoms with Crippen LogP contribution >= 0.6 is 23.2 Å². The van der Waals surface area contributed by atoms with Crippen molar-refractivity contribution in [3.63, 3.8) is 0 Å². The van der Waals surface area contributed by atoms with Gasteiger partial charge in [-0.2, -0.15) is 5.10 Å². The highest BCUT2D eigenvalue weighted by Gasteiger charge is 2.08. The van der Waals surface area contributed by atoms with Gasteiger partial charge in [-0.25, -0.2) is 5.10 Å². The van der Waals surface area contributed by atoms with Gasteiger partial charge in [0.25, 0.3) is 5.56 Å². The SMILES string of the molecule is O=c1[nH]nc(Cc2ccc(Cl)c(Cl)c2)c2ccccc12. The Balaban J connectivity index is 2.09.